The summed E-state index contributed by atoms with van der Waals surface area (Å²) < 4.78 is 27.0. The summed E-state index contributed by atoms with van der Waals surface area (Å²) in [5, 5.41) is 11.8. The maximum atomic E-state index is 12.9. The molecule has 182 valence electrons. The van der Waals surface area contributed by atoms with Crippen LogP contribution in [0.1, 0.15) is 45.5 Å². The molecule has 1 fully saturated rings. The third-order valence-electron chi connectivity index (χ3n) is 5.65. The lowest BCUT2D eigenvalue weighted by molar-refractivity contribution is 0.0724. The van der Waals surface area contributed by atoms with Crippen LogP contribution in [0.3, 0.4) is 0 Å². The van der Waals surface area contributed by atoms with E-state index in [4.69, 9.17) is 5.26 Å². The Balaban J connectivity index is 1.66. The van der Waals surface area contributed by atoms with Crippen LogP contribution in [0, 0.1) is 11.3 Å². The summed E-state index contributed by atoms with van der Waals surface area (Å²) in [7, 11) is -3.42. The quantitative estimate of drug-likeness (QED) is 0.507. The number of nitrogens with zero attached hydrogens (tertiary/aromatic N) is 5. The van der Waals surface area contributed by atoms with Gasteiger partial charge in [-0.2, -0.15) is 5.26 Å². The molecule has 4 rings (SSSR count). The number of pyridine rings is 1. The van der Waals surface area contributed by atoms with Crippen molar-refractivity contribution >= 4 is 38.9 Å². The van der Waals surface area contributed by atoms with E-state index in [2.05, 4.69) is 20.0 Å². The lowest BCUT2D eigenvalue weighted by Crippen LogP contribution is -2.35. The fourth-order valence-electron chi connectivity index (χ4n) is 3.96. The maximum absolute atomic E-state index is 12.9. The van der Waals surface area contributed by atoms with Crippen molar-refractivity contribution in [3.63, 3.8) is 0 Å². The molecule has 3 heterocycles. The zero-order chi connectivity index (χ0) is 25.0. The van der Waals surface area contributed by atoms with Gasteiger partial charge in [-0.3, -0.25) is 19.5 Å². The third-order valence-corrected chi connectivity index (χ3v) is 6.38. The monoisotopic (exact) mass is 495 g/mol. The molecule has 0 saturated carbocycles. The van der Waals surface area contributed by atoms with E-state index in [0.717, 1.165) is 25.5 Å². The lowest BCUT2D eigenvalue weighted by atomic mass is 10.1. The Bertz CT molecular complexity index is 1420. The van der Waals surface area contributed by atoms with E-state index in [1.165, 1.54) is 12.3 Å². The second kappa shape index (κ2) is 10.2. The van der Waals surface area contributed by atoms with Crippen LogP contribution in [0.4, 0.5) is 5.95 Å². The molecule has 0 atom stereocenters. The first-order chi connectivity index (χ1) is 16.7. The molecule has 1 aromatic carbocycles. The number of nitriles is 1. The van der Waals surface area contributed by atoms with Gasteiger partial charge in [0.15, 0.2) is 5.65 Å². The standard InChI is InChI=1S/C23H25N7O4S/c1-35(33,34)26-8-11-30-20-19(13-18(15-25-20)22(32)29-9-3-2-4-10-29)27-23(30)28-21(31)17-7-5-6-16(12-17)14-24/h5-7,12-13,15,26H,2-4,8-11H2,1H3,(H,27,28,31). The van der Waals surface area contributed by atoms with Gasteiger partial charge in [0, 0.05) is 37.9 Å². The molecule has 0 spiro atoms. The SMILES string of the molecule is CS(=O)(=O)NCCn1c(NC(=O)c2cccc(C#N)c2)nc2cc(C(=O)N3CCCCC3)cnc21. The Labute approximate surface area is 202 Å². The minimum atomic E-state index is -3.42. The van der Waals surface area contributed by atoms with Crippen molar-refractivity contribution in [1.82, 2.24) is 24.2 Å². The molecule has 0 bridgehead atoms. The van der Waals surface area contributed by atoms with E-state index >= 15 is 0 Å². The molecule has 0 unspecified atom stereocenters. The smallest absolute Gasteiger partial charge is 0.258 e. The van der Waals surface area contributed by atoms with Crippen LogP contribution in [0.5, 0.6) is 0 Å². The number of sulfonamides is 1. The maximum Gasteiger partial charge on any atom is 0.258 e. The molecule has 0 radical (unpaired) electrons. The van der Waals surface area contributed by atoms with Crippen molar-refractivity contribution in [2.45, 2.75) is 25.8 Å². The van der Waals surface area contributed by atoms with Gasteiger partial charge in [0.05, 0.1) is 23.5 Å². The van der Waals surface area contributed by atoms with Crippen molar-refractivity contribution in [1.29, 1.82) is 5.26 Å². The van der Waals surface area contributed by atoms with Gasteiger partial charge in [-0.25, -0.2) is 23.1 Å². The molecule has 2 aromatic heterocycles. The van der Waals surface area contributed by atoms with E-state index in [0.29, 0.717) is 35.4 Å². The summed E-state index contributed by atoms with van der Waals surface area (Å²) in [6, 6.07) is 9.85. The average Bonchev–Trinajstić information content (AvgIpc) is 3.19. The van der Waals surface area contributed by atoms with Gasteiger partial charge in [0.2, 0.25) is 16.0 Å². The summed E-state index contributed by atoms with van der Waals surface area (Å²) in [6.07, 6.45) is 5.57. The van der Waals surface area contributed by atoms with Crippen LogP contribution in [0.25, 0.3) is 11.2 Å². The molecule has 3 aromatic rings. The Hall–Kier alpha value is -3.82. The lowest BCUT2D eigenvalue weighted by Gasteiger charge is -2.26. The summed E-state index contributed by atoms with van der Waals surface area (Å²) in [5.74, 6) is -0.455. The number of hydrogen-bond acceptors (Lipinski definition) is 7. The molecular weight excluding hydrogens is 470 g/mol. The minimum absolute atomic E-state index is 0.0488. The summed E-state index contributed by atoms with van der Waals surface area (Å²) in [4.78, 5) is 36.5. The number of benzene rings is 1. The highest BCUT2D eigenvalue weighted by Gasteiger charge is 2.21. The highest BCUT2D eigenvalue weighted by molar-refractivity contribution is 7.88. The fraction of sp³-hybridized carbons (Fsp3) is 0.348. The molecule has 2 N–H and O–H groups in total. The summed E-state index contributed by atoms with van der Waals surface area (Å²) in [5.41, 5.74) is 1.81. The first-order valence-corrected chi connectivity index (χ1v) is 13.1. The van der Waals surface area contributed by atoms with Crippen molar-refractivity contribution in [2.24, 2.45) is 0 Å². The zero-order valence-electron chi connectivity index (χ0n) is 19.2. The molecule has 12 heteroatoms. The largest absolute Gasteiger partial charge is 0.339 e. The Morgan fingerprint density at radius 2 is 1.91 bits per heavy atom. The van der Waals surface area contributed by atoms with Crippen molar-refractivity contribution < 1.29 is 18.0 Å². The number of amides is 2. The van der Waals surface area contributed by atoms with E-state index in [9.17, 15) is 18.0 Å². The third kappa shape index (κ3) is 5.82. The Morgan fingerprint density at radius 3 is 2.63 bits per heavy atom. The van der Waals surface area contributed by atoms with Gasteiger partial charge in [-0.1, -0.05) is 6.07 Å². The van der Waals surface area contributed by atoms with Crippen LogP contribution < -0.4 is 10.0 Å². The number of imidazole rings is 1. The predicted octanol–water partition coefficient (Wildman–Crippen LogP) is 1.73. The number of nitrogens with one attached hydrogen (secondary N) is 2. The van der Waals surface area contributed by atoms with E-state index in [-0.39, 0.29) is 30.5 Å². The molecule has 11 nitrogen and oxygen atoms in total. The van der Waals surface area contributed by atoms with Crippen LogP contribution in [0.15, 0.2) is 36.5 Å². The second-order valence-electron chi connectivity index (χ2n) is 8.32. The Kier molecular flexibility index (Phi) is 7.09. The number of aromatic nitrogens is 3. The van der Waals surface area contributed by atoms with Gasteiger partial charge in [0.1, 0.15) is 5.52 Å². The number of piperidine rings is 1. The number of rotatable bonds is 7. The fourth-order valence-corrected chi connectivity index (χ4v) is 4.42. The molecule has 1 saturated heterocycles. The highest BCUT2D eigenvalue weighted by Crippen LogP contribution is 2.21. The van der Waals surface area contributed by atoms with Crippen LogP contribution >= 0.6 is 0 Å². The molecule has 1 aliphatic rings. The van der Waals surface area contributed by atoms with Gasteiger partial charge >= 0.3 is 0 Å². The number of fused-ring (bicyclic) bond motifs is 1. The topological polar surface area (TPSA) is 150 Å². The van der Waals surface area contributed by atoms with Crippen LogP contribution in [-0.2, 0) is 16.6 Å². The second-order valence-corrected chi connectivity index (χ2v) is 10.2. The number of carbonyl (C=O) groups excluding carboxylic acids is 2. The van der Waals surface area contributed by atoms with E-state index in [1.54, 1.807) is 33.7 Å². The van der Waals surface area contributed by atoms with E-state index < -0.39 is 15.9 Å². The van der Waals surface area contributed by atoms with Crippen molar-refractivity contribution in [2.75, 3.05) is 31.2 Å². The summed E-state index contributed by atoms with van der Waals surface area (Å²) in [6.45, 7) is 1.59. The van der Waals surface area contributed by atoms with Gasteiger partial charge in [-0.15, -0.1) is 0 Å². The molecule has 0 aliphatic carbocycles. The minimum Gasteiger partial charge on any atom is -0.339 e. The van der Waals surface area contributed by atoms with E-state index in [1.807, 2.05) is 6.07 Å². The highest BCUT2D eigenvalue weighted by atomic mass is 32.2. The van der Waals surface area contributed by atoms with Crippen molar-refractivity contribution in [3.8, 4) is 6.07 Å². The zero-order valence-corrected chi connectivity index (χ0v) is 20.0. The van der Waals surface area contributed by atoms with Crippen LogP contribution in [0.2, 0.25) is 0 Å². The average molecular weight is 496 g/mol. The first kappa shape index (κ1) is 24.3. The molecule has 2 amide bonds. The summed E-state index contributed by atoms with van der Waals surface area (Å²) >= 11 is 0. The number of anilines is 1. The normalized spacial score (nSPS) is 14.0. The number of likely N-dealkylation sites (tertiary alicyclic amines) is 1. The molecule has 1 aliphatic heterocycles. The first-order valence-electron chi connectivity index (χ1n) is 11.2. The van der Waals surface area contributed by atoms with Gasteiger partial charge in [0.25, 0.3) is 11.8 Å². The molecular formula is C23H25N7O4S. The van der Waals surface area contributed by atoms with Gasteiger partial charge < -0.3 is 4.90 Å². The number of hydrogen-bond donors (Lipinski definition) is 2. The Morgan fingerprint density at radius 1 is 1.14 bits per heavy atom. The predicted molar refractivity (Wildman–Crippen MR) is 129 cm³/mol. The van der Waals surface area contributed by atoms with Crippen LogP contribution in [-0.4, -0.2) is 65.6 Å². The van der Waals surface area contributed by atoms with Gasteiger partial charge in [-0.05, 0) is 43.5 Å². The molecule has 35 heavy (non-hydrogen) atoms. The number of carbonyl (C=O) groups is 2. The van der Waals surface area contributed by atoms with Crippen molar-refractivity contribution in [3.05, 3.63) is 53.2 Å².